The summed E-state index contributed by atoms with van der Waals surface area (Å²) in [5, 5.41) is 2.86. The van der Waals surface area contributed by atoms with Crippen LogP contribution >= 0.6 is 0 Å². The SMILES string of the molecule is NC1(C(=O)Nc2cccc(COc3ccc4c(c3)OCO4)c2)CC1. The van der Waals surface area contributed by atoms with Crippen molar-refractivity contribution in [3.63, 3.8) is 0 Å². The normalized spacial score (nSPS) is 16.5. The number of amides is 1. The summed E-state index contributed by atoms with van der Waals surface area (Å²) in [6, 6.07) is 13.0. The molecule has 0 spiro atoms. The van der Waals surface area contributed by atoms with E-state index < -0.39 is 5.54 Å². The second-order valence-electron chi connectivity index (χ2n) is 6.11. The Labute approximate surface area is 139 Å². The van der Waals surface area contributed by atoms with Gasteiger partial charge in [0, 0.05) is 11.8 Å². The van der Waals surface area contributed by atoms with Crippen molar-refractivity contribution in [1.29, 1.82) is 0 Å². The summed E-state index contributed by atoms with van der Waals surface area (Å²) in [6.45, 7) is 0.625. The second kappa shape index (κ2) is 5.72. The molecule has 1 aliphatic heterocycles. The van der Waals surface area contributed by atoms with Crippen LogP contribution in [0.4, 0.5) is 5.69 Å². The summed E-state index contributed by atoms with van der Waals surface area (Å²) in [6.07, 6.45) is 1.48. The number of carbonyl (C=O) groups excluding carboxylic acids is 1. The number of nitrogens with one attached hydrogen (secondary N) is 1. The Morgan fingerprint density at radius 1 is 1.17 bits per heavy atom. The number of rotatable bonds is 5. The van der Waals surface area contributed by atoms with Crippen molar-refractivity contribution in [3.8, 4) is 17.2 Å². The van der Waals surface area contributed by atoms with E-state index in [-0.39, 0.29) is 12.7 Å². The van der Waals surface area contributed by atoms with E-state index in [4.69, 9.17) is 19.9 Å². The van der Waals surface area contributed by atoms with Crippen LogP contribution in [0.2, 0.25) is 0 Å². The first-order valence-electron chi connectivity index (χ1n) is 7.84. The average Bonchev–Trinajstić information content (AvgIpc) is 3.18. The van der Waals surface area contributed by atoms with Gasteiger partial charge in [0.2, 0.25) is 12.7 Å². The number of fused-ring (bicyclic) bond motifs is 1. The first-order chi connectivity index (χ1) is 11.6. The van der Waals surface area contributed by atoms with Crippen LogP contribution in [0.25, 0.3) is 0 Å². The molecule has 0 aromatic heterocycles. The highest BCUT2D eigenvalue weighted by Gasteiger charge is 2.45. The number of benzene rings is 2. The Morgan fingerprint density at radius 3 is 2.83 bits per heavy atom. The molecule has 1 fully saturated rings. The van der Waals surface area contributed by atoms with Gasteiger partial charge in [-0.15, -0.1) is 0 Å². The predicted molar refractivity (Wildman–Crippen MR) is 88.1 cm³/mol. The van der Waals surface area contributed by atoms with E-state index in [2.05, 4.69) is 5.32 Å². The van der Waals surface area contributed by atoms with Crippen LogP contribution in [-0.4, -0.2) is 18.2 Å². The maximum atomic E-state index is 12.0. The van der Waals surface area contributed by atoms with Crippen LogP contribution in [0.15, 0.2) is 42.5 Å². The summed E-state index contributed by atoms with van der Waals surface area (Å²) in [7, 11) is 0. The Balaban J connectivity index is 1.40. The molecule has 2 aromatic rings. The molecule has 6 heteroatoms. The third-order valence-corrected chi connectivity index (χ3v) is 4.18. The topological polar surface area (TPSA) is 82.8 Å². The molecule has 0 unspecified atom stereocenters. The van der Waals surface area contributed by atoms with E-state index in [1.54, 1.807) is 6.07 Å². The molecular weight excluding hydrogens is 308 g/mol. The fourth-order valence-electron chi connectivity index (χ4n) is 2.49. The fourth-order valence-corrected chi connectivity index (χ4v) is 2.49. The minimum Gasteiger partial charge on any atom is -0.489 e. The number of carbonyl (C=O) groups is 1. The molecule has 24 heavy (non-hydrogen) atoms. The van der Waals surface area contributed by atoms with Crippen molar-refractivity contribution >= 4 is 11.6 Å². The Kier molecular flexibility index (Phi) is 3.54. The van der Waals surface area contributed by atoms with Crippen molar-refractivity contribution in [2.45, 2.75) is 25.0 Å². The molecule has 124 valence electrons. The number of hydrogen-bond acceptors (Lipinski definition) is 5. The van der Waals surface area contributed by atoms with E-state index in [0.717, 1.165) is 29.8 Å². The molecule has 0 radical (unpaired) electrons. The molecule has 2 aromatic carbocycles. The van der Waals surface area contributed by atoms with Gasteiger partial charge in [0.25, 0.3) is 0 Å². The second-order valence-corrected chi connectivity index (χ2v) is 6.11. The summed E-state index contributed by atoms with van der Waals surface area (Å²) in [5.41, 5.74) is 6.89. The Hall–Kier alpha value is -2.73. The quantitative estimate of drug-likeness (QED) is 0.882. The van der Waals surface area contributed by atoms with Gasteiger partial charge < -0.3 is 25.3 Å². The zero-order valence-electron chi connectivity index (χ0n) is 13.1. The molecule has 1 amide bonds. The highest BCUT2D eigenvalue weighted by Crippen LogP contribution is 2.35. The molecule has 1 aliphatic carbocycles. The average molecular weight is 326 g/mol. The van der Waals surface area contributed by atoms with Gasteiger partial charge in [-0.1, -0.05) is 12.1 Å². The number of nitrogens with two attached hydrogens (primary N) is 1. The minimum atomic E-state index is -0.682. The van der Waals surface area contributed by atoms with Gasteiger partial charge in [-0.3, -0.25) is 4.79 Å². The van der Waals surface area contributed by atoms with Crippen molar-refractivity contribution < 1.29 is 19.0 Å². The zero-order chi connectivity index (χ0) is 16.6. The van der Waals surface area contributed by atoms with E-state index >= 15 is 0 Å². The number of anilines is 1. The third-order valence-electron chi connectivity index (χ3n) is 4.18. The lowest BCUT2D eigenvalue weighted by Gasteiger charge is -2.12. The van der Waals surface area contributed by atoms with Crippen LogP contribution in [0.1, 0.15) is 18.4 Å². The standard InChI is InChI=1S/C18H18N2O4/c19-18(6-7-18)17(21)20-13-3-1-2-12(8-13)10-22-14-4-5-15-16(9-14)24-11-23-15/h1-5,8-9H,6-7,10-11,19H2,(H,20,21). The van der Waals surface area contributed by atoms with Crippen molar-refractivity contribution in [1.82, 2.24) is 0 Å². The van der Waals surface area contributed by atoms with Crippen LogP contribution in [-0.2, 0) is 11.4 Å². The van der Waals surface area contributed by atoms with Crippen LogP contribution in [0.5, 0.6) is 17.2 Å². The smallest absolute Gasteiger partial charge is 0.244 e. The van der Waals surface area contributed by atoms with Crippen LogP contribution in [0.3, 0.4) is 0 Å². The first-order valence-corrected chi connectivity index (χ1v) is 7.84. The maximum Gasteiger partial charge on any atom is 0.244 e. The molecule has 6 nitrogen and oxygen atoms in total. The molecule has 0 saturated heterocycles. The van der Waals surface area contributed by atoms with Gasteiger partial charge in [-0.05, 0) is 42.7 Å². The predicted octanol–water partition coefficient (Wildman–Crippen LogP) is 2.42. The van der Waals surface area contributed by atoms with Gasteiger partial charge in [0.05, 0.1) is 5.54 Å². The van der Waals surface area contributed by atoms with E-state index in [9.17, 15) is 4.79 Å². The Morgan fingerprint density at radius 2 is 2.00 bits per heavy atom. The maximum absolute atomic E-state index is 12.0. The lowest BCUT2D eigenvalue weighted by Crippen LogP contribution is -2.37. The molecular formula is C18H18N2O4. The van der Waals surface area contributed by atoms with Gasteiger partial charge in [-0.25, -0.2) is 0 Å². The highest BCUT2D eigenvalue weighted by atomic mass is 16.7. The largest absolute Gasteiger partial charge is 0.489 e. The van der Waals surface area contributed by atoms with Gasteiger partial charge in [0.1, 0.15) is 12.4 Å². The van der Waals surface area contributed by atoms with E-state index in [0.29, 0.717) is 18.1 Å². The summed E-state index contributed by atoms with van der Waals surface area (Å²) in [4.78, 5) is 12.0. The van der Waals surface area contributed by atoms with Crippen LogP contribution in [0, 0.1) is 0 Å². The molecule has 0 bridgehead atoms. The highest BCUT2D eigenvalue weighted by molar-refractivity contribution is 6.00. The van der Waals surface area contributed by atoms with E-state index in [1.165, 1.54) is 0 Å². The third kappa shape index (κ3) is 3.00. The monoisotopic (exact) mass is 326 g/mol. The van der Waals surface area contributed by atoms with Gasteiger partial charge in [0.15, 0.2) is 11.5 Å². The molecule has 4 rings (SSSR count). The first kappa shape index (κ1) is 14.8. The fraction of sp³-hybridized carbons (Fsp3) is 0.278. The molecule has 1 heterocycles. The number of hydrogen-bond donors (Lipinski definition) is 2. The van der Waals surface area contributed by atoms with Gasteiger partial charge >= 0.3 is 0 Å². The zero-order valence-corrected chi connectivity index (χ0v) is 13.1. The molecule has 1 saturated carbocycles. The summed E-state index contributed by atoms with van der Waals surface area (Å²) >= 11 is 0. The van der Waals surface area contributed by atoms with E-state index in [1.807, 2.05) is 36.4 Å². The molecule has 0 atom stereocenters. The minimum absolute atomic E-state index is 0.128. The summed E-state index contributed by atoms with van der Waals surface area (Å²) in [5.74, 6) is 1.98. The van der Waals surface area contributed by atoms with Gasteiger partial charge in [-0.2, -0.15) is 0 Å². The van der Waals surface area contributed by atoms with Crippen LogP contribution < -0.4 is 25.3 Å². The lowest BCUT2D eigenvalue weighted by molar-refractivity contribution is -0.118. The van der Waals surface area contributed by atoms with Crippen molar-refractivity contribution in [2.24, 2.45) is 5.73 Å². The van der Waals surface area contributed by atoms with Crippen molar-refractivity contribution in [2.75, 3.05) is 12.1 Å². The Bertz CT molecular complexity index is 786. The van der Waals surface area contributed by atoms with Crippen molar-refractivity contribution in [3.05, 3.63) is 48.0 Å². The molecule has 3 N–H and O–H groups in total. The summed E-state index contributed by atoms with van der Waals surface area (Å²) < 4.78 is 16.4. The molecule has 2 aliphatic rings. The lowest BCUT2D eigenvalue weighted by atomic mass is 10.2. The number of ether oxygens (including phenoxy) is 3.